The molecule has 0 bridgehead atoms. The Hall–Kier alpha value is -3.02. The van der Waals surface area contributed by atoms with Crippen LogP contribution in [0, 0.1) is 6.92 Å². The Kier molecular flexibility index (Phi) is 7.11. The number of anilines is 2. The molecule has 29 heavy (non-hydrogen) atoms. The first-order chi connectivity index (χ1) is 14.0. The Balaban J connectivity index is 1.42. The van der Waals surface area contributed by atoms with E-state index in [1.807, 2.05) is 43.3 Å². The van der Waals surface area contributed by atoms with Crippen molar-refractivity contribution in [3.05, 3.63) is 53.6 Å². The lowest BCUT2D eigenvalue weighted by atomic mass is 10.1. The highest BCUT2D eigenvalue weighted by Crippen LogP contribution is 2.25. The van der Waals surface area contributed by atoms with Gasteiger partial charge in [0, 0.05) is 30.9 Å². The van der Waals surface area contributed by atoms with E-state index in [0.29, 0.717) is 6.42 Å². The van der Waals surface area contributed by atoms with E-state index in [1.54, 1.807) is 7.11 Å². The highest BCUT2D eigenvalue weighted by Gasteiger charge is 2.14. The fourth-order valence-electron chi connectivity index (χ4n) is 3.40. The van der Waals surface area contributed by atoms with Gasteiger partial charge < -0.3 is 19.7 Å². The number of carbonyl (C=O) groups excluding carboxylic acids is 2. The number of rotatable bonds is 8. The molecule has 2 aromatic rings. The van der Waals surface area contributed by atoms with Crippen molar-refractivity contribution in [3.63, 3.8) is 0 Å². The lowest BCUT2D eigenvalue weighted by Gasteiger charge is -2.19. The molecular formula is C23H28N2O4. The summed E-state index contributed by atoms with van der Waals surface area (Å²) in [5.74, 6) is 0.0497. The number of esters is 1. The zero-order chi connectivity index (χ0) is 20.6. The van der Waals surface area contributed by atoms with Crippen LogP contribution in [0.1, 0.15) is 30.4 Å². The average Bonchev–Trinajstić information content (AvgIpc) is 3.27. The molecule has 1 aliphatic rings. The number of nitrogens with zero attached hydrogens (tertiary/aromatic N) is 1. The molecule has 0 saturated carbocycles. The number of nitrogens with one attached hydrogen (secondary N) is 1. The summed E-state index contributed by atoms with van der Waals surface area (Å²) in [6.45, 7) is 3.85. The topological polar surface area (TPSA) is 67.9 Å². The average molecular weight is 396 g/mol. The molecule has 0 aliphatic carbocycles. The minimum absolute atomic E-state index is 0.225. The van der Waals surface area contributed by atoms with Crippen LogP contribution in [0.5, 0.6) is 5.75 Å². The van der Waals surface area contributed by atoms with Crippen LogP contribution in [0.2, 0.25) is 0 Å². The lowest BCUT2D eigenvalue weighted by molar-refractivity contribution is -0.147. The first-order valence-electron chi connectivity index (χ1n) is 9.99. The molecule has 0 atom stereocenters. The van der Waals surface area contributed by atoms with E-state index >= 15 is 0 Å². The Labute approximate surface area is 171 Å². The van der Waals surface area contributed by atoms with Crippen molar-refractivity contribution in [2.24, 2.45) is 0 Å². The normalized spacial score (nSPS) is 13.2. The number of amides is 1. The van der Waals surface area contributed by atoms with E-state index in [4.69, 9.17) is 9.47 Å². The summed E-state index contributed by atoms with van der Waals surface area (Å²) >= 11 is 0. The van der Waals surface area contributed by atoms with Crippen LogP contribution in [0.25, 0.3) is 0 Å². The van der Waals surface area contributed by atoms with E-state index in [2.05, 4.69) is 16.3 Å². The summed E-state index contributed by atoms with van der Waals surface area (Å²) in [4.78, 5) is 26.4. The van der Waals surface area contributed by atoms with Crippen molar-refractivity contribution >= 4 is 23.3 Å². The van der Waals surface area contributed by atoms with Gasteiger partial charge in [-0.2, -0.15) is 0 Å². The second-order valence-electron chi connectivity index (χ2n) is 7.25. The summed E-state index contributed by atoms with van der Waals surface area (Å²) in [6.07, 6.45) is 3.23. The van der Waals surface area contributed by atoms with Gasteiger partial charge in [-0.05, 0) is 67.6 Å². The van der Waals surface area contributed by atoms with Crippen LogP contribution in [-0.2, 0) is 20.7 Å². The van der Waals surface area contributed by atoms with Gasteiger partial charge in [0.25, 0.3) is 5.91 Å². The maximum absolute atomic E-state index is 12.1. The monoisotopic (exact) mass is 396 g/mol. The third kappa shape index (κ3) is 5.98. The van der Waals surface area contributed by atoms with E-state index in [0.717, 1.165) is 35.7 Å². The van der Waals surface area contributed by atoms with Gasteiger partial charge in [-0.15, -0.1) is 0 Å². The van der Waals surface area contributed by atoms with Crippen LogP contribution in [0.3, 0.4) is 0 Å². The van der Waals surface area contributed by atoms with Gasteiger partial charge in [-0.25, -0.2) is 0 Å². The van der Waals surface area contributed by atoms with Crippen molar-refractivity contribution in [1.29, 1.82) is 0 Å². The van der Waals surface area contributed by atoms with E-state index in [1.165, 1.54) is 18.5 Å². The number of benzene rings is 2. The smallest absolute Gasteiger partial charge is 0.306 e. The molecule has 2 aromatic carbocycles. The summed E-state index contributed by atoms with van der Waals surface area (Å²) in [5, 5.41) is 2.82. The second kappa shape index (κ2) is 9.96. The highest BCUT2D eigenvalue weighted by molar-refractivity contribution is 5.93. The summed E-state index contributed by atoms with van der Waals surface area (Å²) in [7, 11) is 1.61. The molecule has 1 fully saturated rings. The van der Waals surface area contributed by atoms with Gasteiger partial charge in [0.15, 0.2) is 6.61 Å². The molecule has 1 N–H and O–H groups in total. The molecule has 1 saturated heterocycles. The number of methoxy groups -OCH3 is 1. The van der Waals surface area contributed by atoms with Crippen LogP contribution >= 0.6 is 0 Å². The van der Waals surface area contributed by atoms with Gasteiger partial charge in [0.05, 0.1) is 7.11 Å². The fourth-order valence-corrected chi connectivity index (χ4v) is 3.40. The van der Waals surface area contributed by atoms with Crippen molar-refractivity contribution < 1.29 is 19.1 Å². The minimum Gasteiger partial charge on any atom is -0.497 e. The van der Waals surface area contributed by atoms with E-state index < -0.39 is 5.97 Å². The second-order valence-corrected chi connectivity index (χ2v) is 7.25. The molecule has 0 radical (unpaired) electrons. The van der Waals surface area contributed by atoms with Crippen molar-refractivity contribution in [2.45, 2.75) is 32.6 Å². The summed E-state index contributed by atoms with van der Waals surface area (Å²) in [5.41, 5.74) is 3.93. The summed E-state index contributed by atoms with van der Waals surface area (Å²) < 4.78 is 10.2. The van der Waals surface area contributed by atoms with Crippen LogP contribution in [-0.4, -0.2) is 38.7 Å². The molecule has 1 aliphatic heterocycles. The number of carbonyl (C=O) groups is 2. The first kappa shape index (κ1) is 20.7. The number of hydrogen-bond donors (Lipinski definition) is 1. The Morgan fingerprint density at radius 3 is 2.45 bits per heavy atom. The molecule has 0 aromatic heterocycles. The molecule has 0 spiro atoms. The van der Waals surface area contributed by atoms with Crippen molar-refractivity contribution in [3.8, 4) is 5.75 Å². The van der Waals surface area contributed by atoms with Gasteiger partial charge in [-0.1, -0.05) is 12.1 Å². The van der Waals surface area contributed by atoms with Crippen LogP contribution in [0.4, 0.5) is 11.4 Å². The zero-order valence-electron chi connectivity index (χ0n) is 17.1. The minimum atomic E-state index is -0.392. The lowest BCUT2D eigenvalue weighted by Crippen LogP contribution is -2.22. The number of hydrogen-bond acceptors (Lipinski definition) is 5. The Morgan fingerprint density at radius 1 is 1.07 bits per heavy atom. The highest BCUT2D eigenvalue weighted by atomic mass is 16.5. The molecule has 3 rings (SSSR count). The summed E-state index contributed by atoms with van der Waals surface area (Å²) in [6, 6.07) is 13.5. The van der Waals surface area contributed by atoms with Gasteiger partial charge in [0.1, 0.15) is 5.75 Å². The van der Waals surface area contributed by atoms with Crippen molar-refractivity contribution in [2.75, 3.05) is 37.0 Å². The largest absolute Gasteiger partial charge is 0.497 e. The van der Waals surface area contributed by atoms with Crippen molar-refractivity contribution in [1.82, 2.24) is 0 Å². The molecular weight excluding hydrogens is 368 g/mol. The predicted octanol–water partition coefficient (Wildman–Crippen LogP) is 3.72. The molecule has 154 valence electrons. The number of ether oxygens (including phenoxy) is 2. The van der Waals surface area contributed by atoms with Gasteiger partial charge >= 0.3 is 5.97 Å². The quantitative estimate of drug-likeness (QED) is 0.689. The predicted molar refractivity (Wildman–Crippen MR) is 114 cm³/mol. The van der Waals surface area contributed by atoms with Gasteiger partial charge in [-0.3, -0.25) is 9.59 Å². The van der Waals surface area contributed by atoms with E-state index in [9.17, 15) is 9.59 Å². The van der Waals surface area contributed by atoms with Crippen LogP contribution in [0.15, 0.2) is 42.5 Å². The third-order valence-corrected chi connectivity index (χ3v) is 5.10. The molecule has 1 amide bonds. The molecule has 6 heteroatoms. The Morgan fingerprint density at radius 2 is 1.79 bits per heavy atom. The third-order valence-electron chi connectivity index (χ3n) is 5.10. The standard InChI is InChI=1S/C23H28N2O4/c1-17-15-19(25-13-3-4-14-25)8-11-21(17)24-22(26)16-29-23(27)12-7-18-5-9-20(28-2)10-6-18/h5-6,8-11,15H,3-4,7,12-14,16H2,1-2H3,(H,24,26). The fraction of sp³-hybridized carbons (Fsp3) is 0.391. The first-order valence-corrected chi connectivity index (χ1v) is 9.99. The van der Waals surface area contributed by atoms with Gasteiger partial charge in [0.2, 0.25) is 0 Å². The maximum Gasteiger partial charge on any atom is 0.306 e. The molecule has 6 nitrogen and oxygen atoms in total. The maximum atomic E-state index is 12.1. The molecule has 0 unspecified atom stereocenters. The number of aryl methyl sites for hydroxylation is 2. The van der Waals surface area contributed by atoms with E-state index in [-0.39, 0.29) is 18.9 Å². The molecule has 1 heterocycles. The Bertz CT molecular complexity index is 842. The zero-order valence-corrected chi connectivity index (χ0v) is 17.1. The van der Waals surface area contributed by atoms with Crippen LogP contribution < -0.4 is 15.0 Å². The SMILES string of the molecule is COc1ccc(CCC(=O)OCC(=O)Nc2ccc(N3CCCC3)cc2C)cc1.